The second kappa shape index (κ2) is 8.22. The molecule has 0 atom stereocenters. The van der Waals surface area contributed by atoms with Crippen LogP contribution in [0.25, 0.3) is 0 Å². The number of carbonyl (C=O) groups excluding carboxylic acids is 1. The van der Waals surface area contributed by atoms with Gasteiger partial charge in [0.2, 0.25) is 5.91 Å². The highest BCUT2D eigenvalue weighted by Gasteiger charge is 2.13. The van der Waals surface area contributed by atoms with Gasteiger partial charge in [0.15, 0.2) is 5.96 Å². The van der Waals surface area contributed by atoms with Crippen molar-refractivity contribution in [3.8, 4) is 0 Å². The van der Waals surface area contributed by atoms with Crippen molar-refractivity contribution in [3.05, 3.63) is 0 Å². The van der Waals surface area contributed by atoms with Crippen LogP contribution in [0.2, 0.25) is 0 Å². The van der Waals surface area contributed by atoms with Crippen molar-refractivity contribution in [3.63, 3.8) is 0 Å². The third kappa shape index (κ3) is 9.99. The Balaban J connectivity index is 3.87. The summed E-state index contributed by atoms with van der Waals surface area (Å²) in [7, 11) is 1.69. The van der Waals surface area contributed by atoms with Gasteiger partial charge in [-0.3, -0.25) is 9.79 Å². The third-order valence-corrected chi connectivity index (χ3v) is 2.37. The number of nitrogens with one attached hydrogen (secondary N) is 3. The van der Waals surface area contributed by atoms with Gasteiger partial charge in [0.05, 0.1) is 6.54 Å². The van der Waals surface area contributed by atoms with Crippen LogP contribution in [0.5, 0.6) is 0 Å². The van der Waals surface area contributed by atoms with Gasteiger partial charge in [0, 0.05) is 24.9 Å². The van der Waals surface area contributed by atoms with E-state index in [0.717, 1.165) is 12.3 Å². The summed E-state index contributed by atoms with van der Waals surface area (Å²) in [5.74, 6) is 1.63. The minimum absolute atomic E-state index is 0.0367. The minimum Gasteiger partial charge on any atom is -0.356 e. The molecule has 0 aliphatic rings. The molecule has 100 valence electrons. The van der Waals surface area contributed by atoms with Gasteiger partial charge in [-0.25, -0.2) is 0 Å². The van der Waals surface area contributed by atoms with Gasteiger partial charge in [-0.1, -0.05) is 0 Å². The number of amides is 1. The van der Waals surface area contributed by atoms with Crippen molar-refractivity contribution < 1.29 is 4.79 Å². The van der Waals surface area contributed by atoms with Gasteiger partial charge in [-0.05, 0) is 27.0 Å². The topological polar surface area (TPSA) is 65.5 Å². The summed E-state index contributed by atoms with van der Waals surface area (Å²) in [5.41, 5.74) is -0.200. The summed E-state index contributed by atoms with van der Waals surface area (Å²) >= 11 is 1.76. The molecule has 3 N–H and O–H groups in total. The fraction of sp³-hybridized carbons (Fsp3) is 0.818. The van der Waals surface area contributed by atoms with Gasteiger partial charge < -0.3 is 16.0 Å². The van der Waals surface area contributed by atoms with E-state index in [2.05, 4.69) is 27.2 Å². The zero-order valence-electron chi connectivity index (χ0n) is 11.4. The monoisotopic (exact) mass is 260 g/mol. The van der Waals surface area contributed by atoms with Crippen molar-refractivity contribution in [2.45, 2.75) is 26.3 Å². The van der Waals surface area contributed by atoms with Crippen LogP contribution >= 0.6 is 11.8 Å². The Kier molecular flexibility index (Phi) is 7.78. The number of rotatable bonds is 5. The fourth-order valence-electron chi connectivity index (χ4n) is 1.12. The van der Waals surface area contributed by atoms with E-state index in [9.17, 15) is 4.79 Å². The van der Waals surface area contributed by atoms with Crippen LogP contribution in [0.15, 0.2) is 4.99 Å². The molecule has 0 aliphatic carbocycles. The number of nitrogens with zero attached hydrogens (tertiary/aromatic N) is 1. The molecule has 0 aromatic carbocycles. The molecule has 5 nitrogen and oxygen atoms in total. The fourth-order valence-corrected chi connectivity index (χ4v) is 1.42. The molecule has 0 aromatic heterocycles. The van der Waals surface area contributed by atoms with Crippen molar-refractivity contribution in [2.24, 2.45) is 4.99 Å². The van der Waals surface area contributed by atoms with Crippen molar-refractivity contribution in [1.82, 2.24) is 16.0 Å². The largest absolute Gasteiger partial charge is 0.356 e. The molecule has 0 rings (SSSR count). The maximum atomic E-state index is 11.5. The van der Waals surface area contributed by atoms with E-state index < -0.39 is 0 Å². The lowest BCUT2D eigenvalue weighted by molar-refractivity contribution is -0.121. The molecule has 0 fully saturated rings. The van der Waals surface area contributed by atoms with E-state index in [1.807, 2.05) is 20.8 Å². The highest BCUT2D eigenvalue weighted by molar-refractivity contribution is 7.98. The van der Waals surface area contributed by atoms with Gasteiger partial charge in [-0.2, -0.15) is 11.8 Å². The number of carbonyl (C=O) groups is 1. The Labute approximate surface area is 108 Å². The van der Waals surface area contributed by atoms with Crippen LogP contribution in [0.3, 0.4) is 0 Å². The average molecular weight is 260 g/mol. The van der Waals surface area contributed by atoms with Gasteiger partial charge in [0.1, 0.15) is 0 Å². The standard InChI is InChI=1S/C11H24N4OS/c1-11(2,3)15-9(16)8-14-10(12-4)13-6-7-17-5/h6-8H2,1-5H3,(H,15,16)(H2,12,13,14). The molecular formula is C11H24N4OS. The smallest absolute Gasteiger partial charge is 0.239 e. The summed E-state index contributed by atoms with van der Waals surface area (Å²) in [6, 6.07) is 0. The molecule has 17 heavy (non-hydrogen) atoms. The number of hydrogen-bond acceptors (Lipinski definition) is 3. The molecule has 0 aliphatic heterocycles. The number of hydrogen-bond donors (Lipinski definition) is 3. The lowest BCUT2D eigenvalue weighted by Gasteiger charge is -2.21. The molecule has 0 radical (unpaired) electrons. The first-order valence-electron chi connectivity index (χ1n) is 5.63. The second-order valence-electron chi connectivity index (χ2n) is 4.64. The van der Waals surface area contributed by atoms with E-state index >= 15 is 0 Å². The first kappa shape index (κ1) is 16.1. The van der Waals surface area contributed by atoms with E-state index in [0.29, 0.717) is 5.96 Å². The summed E-state index contributed by atoms with van der Waals surface area (Å²) in [5, 5.41) is 8.97. The van der Waals surface area contributed by atoms with Crippen molar-refractivity contribution in [1.29, 1.82) is 0 Å². The first-order chi connectivity index (χ1) is 7.89. The lowest BCUT2D eigenvalue weighted by atomic mass is 10.1. The minimum atomic E-state index is -0.200. The molecule has 0 saturated heterocycles. The molecule has 0 bridgehead atoms. The first-order valence-corrected chi connectivity index (χ1v) is 7.03. The maximum absolute atomic E-state index is 11.5. The molecule has 0 saturated carbocycles. The predicted octanol–water partition coefficient (Wildman–Crippen LogP) is 0.429. The SMILES string of the molecule is CN=C(NCCSC)NCC(=O)NC(C)(C)C. The zero-order valence-corrected chi connectivity index (χ0v) is 12.2. The summed E-state index contributed by atoms with van der Waals surface area (Å²) in [6.07, 6.45) is 2.05. The van der Waals surface area contributed by atoms with Crippen LogP contribution < -0.4 is 16.0 Å². The van der Waals surface area contributed by atoms with E-state index in [-0.39, 0.29) is 18.0 Å². The van der Waals surface area contributed by atoms with Crippen molar-refractivity contribution in [2.75, 3.05) is 32.1 Å². The number of guanidine groups is 1. The highest BCUT2D eigenvalue weighted by atomic mass is 32.2. The predicted molar refractivity (Wildman–Crippen MR) is 75.6 cm³/mol. The number of thioether (sulfide) groups is 1. The normalized spacial score (nSPS) is 12.2. The van der Waals surface area contributed by atoms with E-state index in [4.69, 9.17) is 0 Å². The van der Waals surface area contributed by atoms with Crippen LogP contribution in [0.4, 0.5) is 0 Å². The second-order valence-corrected chi connectivity index (χ2v) is 5.63. The Bertz CT molecular complexity index is 261. The molecule has 0 spiro atoms. The lowest BCUT2D eigenvalue weighted by Crippen LogP contribution is -2.48. The maximum Gasteiger partial charge on any atom is 0.239 e. The summed E-state index contributed by atoms with van der Waals surface area (Å²) in [4.78, 5) is 15.6. The third-order valence-electron chi connectivity index (χ3n) is 1.75. The number of aliphatic imine (C=N–C) groups is 1. The molecule has 6 heteroatoms. The highest BCUT2D eigenvalue weighted by Crippen LogP contribution is 1.97. The Morgan fingerprint density at radius 2 is 1.94 bits per heavy atom. The van der Waals surface area contributed by atoms with Gasteiger partial charge >= 0.3 is 0 Å². The van der Waals surface area contributed by atoms with E-state index in [1.165, 1.54) is 0 Å². The molecular weight excluding hydrogens is 236 g/mol. The van der Waals surface area contributed by atoms with Crippen LogP contribution in [-0.2, 0) is 4.79 Å². The zero-order chi connectivity index (χ0) is 13.3. The van der Waals surface area contributed by atoms with Crippen LogP contribution in [-0.4, -0.2) is 49.6 Å². The summed E-state index contributed by atoms with van der Waals surface area (Å²) < 4.78 is 0. The quantitative estimate of drug-likeness (QED) is 0.381. The Morgan fingerprint density at radius 3 is 2.41 bits per heavy atom. The average Bonchev–Trinajstić information content (AvgIpc) is 2.20. The Hall–Kier alpha value is -0.910. The molecule has 1 amide bonds. The van der Waals surface area contributed by atoms with Gasteiger partial charge in [-0.15, -0.1) is 0 Å². The van der Waals surface area contributed by atoms with Crippen molar-refractivity contribution >= 4 is 23.6 Å². The van der Waals surface area contributed by atoms with Gasteiger partial charge in [0.25, 0.3) is 0 Å². The molecule has 0 heterocycles. The molecule has 0 aromatic rings. The van der Waals surface area contributed by atoms with Crippen LogP contribution in [0.1, 0.15) is 20.8 Å². The van der Waals surface area contributed by atoms with E-state index in [1.54, 1.807) is 18.8 Å². The Morgan fingerprint density at radius 1 is 1.29 bits per heavy atom. The van der Waals surface area contributed by atoms with Crippen LogP contribution in [0, 0.1) is 0 Å². The molecule has 0 unspecified atom stereocenters. The summed E-state index contributed by atoms with van der Waals surface area (Å²) in [6.45, 7) is 6.93.